The molecule has 0 saturated carbocycles. The van der Waals surface area contributed by atoms with Gasteiger partial charge >= 0.3 is 0 Å². The van der Waals surface area contributed by atoms with Crippen molar-refractivity contribution in [2.24, 2.45) is 0 Å². The van der Waals surface area contributed by atoms with E-state index in [-0.39, 0.29) is 17.9 Å². The molecule has 5 heteroatoms. The molecule has 0 radical (unpaired) electrons. The summed E-state index contributed by atoms with van der Waals surface area (Å²) in [4.78, 5) is 25.3. The van der Waals surface area contributed by atoms with Crippen LogP contribution in [-0.2, 0) is 9.59 Å². The molecule has 1 heterocycles. The molecule has 0 aromatic rings. The van der Waals surface area contributed by atoms with E-state index in [2.05, 4.69) is 12.2 Å². The summed E-state index contributed by atoms with van der Waals surface area (Å²) in [6.45, 7) is 3.58. The first kappa shape index (κ1) is 16.3. The molecule has 1 aliphatic heterocycles. The summed E-state index contributed by atoms with van der Waals surface area (Å²) >= 11 is 5.59. The van der Waals surface area contributed by atoms with Gasteiger partial charge in [0, 0.05) is 37.9 Å². The van der Waals surface area contributed by atoms with Crippen LogP contribution in [0.15, 0.2) is 0 Å². The van der Waals surface area contributed by atoms with Crippen LogP contribution >= 0.6 is 11.6 Å². The Morgan fingerprint density at radius 1 is 1.21 bits per heavy atom. The van der Waals surface area contributed by atoms with E-state index >= 15 is 0 Å². The van der Waals surface area contributed by atoms with Gasteiger partial charge in [0.1, 0.15) is 0 Å². The first-order chi connectivity index (χ1) is 9.17. The van der Waals surface area contributed by atoms with Gasteiger partial charge in [-0.2, -0.15) is 0 Å². The molecule has 1 saturated heterocycles. The average molecular weight is 289 g/mol. The van der Waals surface area contributed by atoms with Crippen molar-refractivity contribution >= 4 is 23.4 Å². The van der Waals surface area contributed by atoms with Crippen LogP contribution in [0.1, 0.15) is 51.9 Å². The van der Waals surface area contributed by atoms with Gasteiger partial charge in [0.25, 0.3) is 0 Å². The second-order valence-corrected chi connectivity index (χ2v) is 5.50. The zero-order valence-corrected chi connectivity index (χ0v) is 12.5. The lowest BCUT2D eigenvalue weighted by molar-refractivity contribution is -0.132. The van der Waals surface area contributed by atoms with E-state index < -0.39 is 0 Å². The summed E-state index contributed by atoms with van der Waals surface area (Å²) in [6, 6.07) is 0.237. The molecule has 0 unspecified atom stereocenters. The number of likely N-dealkylation sites (tertiary alicyclic amines) is 1. The molecule has 1 N–H and O–H groups in total. The van der Waals surface area contributed by atoms with E-state index in [1.54, 1.807) is 0 Å². The highest BCUT2D eigenvalue weighted by Gasteiger charge is 2.23. The molecule has 0 aromatic heterocycles. The average Bonchev–Trinajstić information content (AvgIpc) is 2.43. The number of carbonyl (C=O) groups is 2. The smallest absolute Gasteiger partial charge is 0.222 e. The Kier molecular flexibility index (Phi) is 7.87. The first-order valence-corrected chi connectivity index (χ1v) is 7.84. The van der Waals surface area contributed by atoms with Crippen LogP contribution in [0, 0.1) is 0 Å². The second kappa shape index (κ2) is 9.18. The van der Waals surface area contributed by atoms with Crippen molar-refractivity contribution in [2.75, 3.05) is 19.0 Å². The van der Waals surface area contributed by atoms with E-state index in [0.29, 0.717) is 18.7 Å². The number of hydrogen-bond donors (Lipinski definition) is 1. The Morgan fingerprint density at radius 3 is 2.47 bits per heavy atom. The fourth-order valence-electron chi connectivity index (χ4n) is 2.29. The Morgan fingerprint density at radius 2 is 1.89 bits per heavy atom. The maximum Gasteiger partial charge on any atom is 0.222 e. The summed E-state index contributed by atoms with van der Waals surface area (Å²) in [6.07, 6.45) is 5.62. The lowest BCUT2D eigenvalue weighted by Gasteiger charge is -2.32. The Hall–Kier alpha value is -0.770. The highest BCUT2D eigenvalue weighted by Crippen LogP contribution is 2.12. The Labute approximate surface area is 120 Å². The minimum Gasteiger partial charge on any atom is -0.353 e. The molecule has 110 valence electrons. The number of halogens is 1. The molecule has 0 spiro atoms. The summed E-state index contributed by atoms with van der Waals surface area (Å²) in [5.41, 5.74) is 0. The first-order valence-electron chi connectivity index (χ1n) is 7.30. The van der Waals surface area contributed by atoms with Gasteiger partial charge in [0.05, 0.1) is 0 Å². The van der Waals surface area contributed by atoms with Crippen molar-refractivity contribution in [3.05, 3.63) is 0 Å². The number of amides is 2. The number of nitrogens with zero attached hydrogens (tertiary/aromatic N) is 1. The summed E-state index contributed by atoms with van der Waals surface area (Å²) in [7, 11) is 0. The van der Waals surface area contributed by atoms with Crippen molar-refractivity contribution in [2.45, 2.75) is 57.9 Å². The molecule has 1 aliphatic rings. The fraction of sp³-hybridized carbons (Fsp3) is 0.857. The summed E-state index contributed by atoms with van der Waals surface area (Å²) in [5.74, 6) is 0.876. The van der Waals surface area contributed by atoms with Crippen molar-refractivity contribution in [3.63, 3.8) is 0 Å². The van der Waals surface area contributed by atoms with Gasteiger partial charge in [-0.25, -0.2) is 0 Å². The SMILES string of the molecule is CCCCC(=O)NC1CCN(C(=O)CCCCl)CC1. The lowest BCUT2D eigenvalue weighted by Crippen LogP contribution is -2.46. The van der Waals surface area contributed by atoms with E-state index in [1.165, 1.54) is 0 Å². The third-order valence-corrected chi connectivity index (χ3v) is 3.76. The molecule has 19 heavy (non-hydrogen) atoms. The molecular formula is C14H25ClN2O2. The molecule has 1 rings (SSSR count). The summed E-state index contributed by atoms with van der Waals surface area (Å²) in [5, 5.41) is 3.06. The molecule has 0 bridgehead atoms. The Bertz CT molecular complexity index is 289. The van der Waals surface area contributed by atoms with E-state index in [4.69, 9.17) is 11.6 Å². The van der Waals surface area contributed by atoms with E-state index in [9.17, 15) is 9.59 Å². The molecule has 0 aliphatic carbocycles. The van der Waals surface area contributed by atoms with Gasteiger partial charge in [0.15, 0.2) is 0 Å². The third kappa shape index (κ3) is 6.28. The Balaban J connectivity index is 2.21. The van der Waals surface area contributed by atoms with Crippen LogP contribution in [0.4, 0.5) is 0 Å². The standard InChI is InChI=1S/C14H25ClN2O2/c1-2-3-5-13(18)16-12-7-10-17(11-8-12)14(19)6-4-9-15/h12H,2-11H2,1H3,(H,16,18). The van der Waals surface area contributed by atoms with Crippen molar-refractivity contribution in [3.8, 4) is 0 Å². The fourth-order valence-corrected chi connectivity index (χ4v) is 2.42. The van der Waals surface area contributed by atoms with Crippen molar-refractivity contribution in [1.29, 1.82) is 0 Å². The monoisotopic (exact) mass is 288 g/mol. The second-order valence-electron chi connectivity index (χ2n) is 5.12. The van der Waals surface area contributed by atoms with Crippen LogP contribution in [-0.4, -0.2) is 41.7 Å². The van der Waals surface area contributed by atoms with Crippen LogP contribution in [0.3, 0.4) is 0 Å². The molecule has 0 atom stereocenters. The number of unbranched alkanes of at least 4 members (excludes halogenated alkanes) is 1. The largest absolute Gasteiger partial charge is 0.353 e. The minimum absolute atomic E-state index is 0.147. The predicted molar refractivity (Wildman–Crippen MR) is 77.2 cm³/mol. The van der Waals surface area contributed by atoms with Gasteiger partial charge in [-0.1, -0.05) is 13.3 Å². The van der Waals surface area contributed by atoms with Gasteiger partial charge in [-0.3, -0.25) is 9.59 Å². The van der Waals surface area contributed by atoms with Crippen molar-refractivity contribution in [1.82, 2.24) is 10.2 Å². The molecule has 1 fully saturated rings. The zero-order chi connectivity index (χ0) is 14.1. The third-order valence-electron chi connectivity index (χ3n) is 3.49. The van der Waals surface area contributed by atoms with Gasteiger partial charge < -0.3 is 10.2 Å². The zero-order valence-electron chi connectivity index (χ0n) is 11.8. The predicted octanol–water partition coefficient (Wildman–Crippen LogP) is 2.30. The van der Waals surface area contributed by atoms with E-state index in [0.717, 1.165) is 45.2 Å². The number of hydrogen-bond acceptors (Lipinski definition) is 2. The number of nitrogens with one attached hydrogen (secondary N) is 1. The number of rotatable bonds is 7. The number of alkyl halides is 1. The van der Waals surface area contributed by atoms with Gasteiger partial charge in [0.2, 0.25) is 11.8 Å². The lowest BCUT2D eigenvalue weighted by atomic mass is 10.0. The quantitative estimate of drug-likeness (QED) is 0.731. The van der Waals surface area contributed by atoms with Gasteiger partial charge in [-0.15, -0.1) is 11.6 Å². The molecule has 2 amide bonds. The van der Waals surface area contributed by atoms with Crippen molar-refractivity contribution < 1.29 is 9.59 Å². The van der Waals surface area contributed by atoms with Crippen LogP contribution in [0.5, 0.6) is 0 Å². The normalized spacial score (nSPS) is 16.4. The highest BCUT2D eigenvalue weighted by molar-refractivity contribution is 6.17. The highest BCUT2D eigenvalue weighted by atomic mass is 35.5. The van der Waals surface area contributed by atoms with Gasteiger partial charge in [-0.05, 0) is 25.7 Å². The van der Waals surface area contributed by atoms with Crippen LogP contribution in [0.25, 0.3) is 0 Å². The summed E-state index contributed by atoms with van der Waals surface area (Å²) < 4.78 is 0. The maximum atomic E-state index is 11.8. The number of piperidine rings is 1. The minimum atomic E-state index is 0.147. The topological polar surface area (TPSA) is 49.4 Å². The maximum absolute atomic E-state index is 11.8. The molecule has 4 nitrogen and oxygen atoms in total. The van der Waals surface area contributed by atoms with Crippen LogP contribution in [0.2, 0.25) is 0 Å². The van der Waals surface area contributed by atoms with E-state index in [1.807, 2.05) is 4.90 Å². The molecular weight excluding hydrogens is 264 g/mol. The van der Waals surface area contributed by atoms with Crippen LogP contribution < -0.4 is 5.32 Å². The molecule has 0 aromatic carbocycles. The number of carbonyl (C=O) groups excluding carboxylic acids is 2.